The molecule has 0 amide bonds. The molecular weight excluding hydrogens is 372 g/mol. The minimum absolute atomic E-state index is 0.141. The first-order valence-electron chi connectivity index (χ1n) is 9.52. The summed E-state index contributed by atoms with van der Waals surface area (Å²) < 4.78 is 17.6. The number of benzene rings is 2. The smallest absolute Gasteiger partial charge is 0.282 e. The molecule has 0 atom stereocenters. The number of anilines is 1. The summed E-state index contributed by atoms with van der Waals surface area (Å²) >= 11 is 1.37. The third kappa shape index (κ3) is 5.39. The molecule has 0 radical (unpaired) electrons. The number of nitrogens with one attached hydrogen (secondary N) is 1. The minimum atomic E-state index is 0.141. The van der Waals surface area contributed by atoms with E-state index >= 15 is 0 Å². The lowest BCUT2D eigenvalue weighted by molar-refractivity contribution is 0.242. The molecule has 6 heteroatoms. The van der Waals surface area contributed by atoms with Gasteiger partial charge in [-0.25, -0.2) is 4.98 Å². The van der Waals surface area contributed by atoms with Crippen molar-refractivity contribution in [2.45, 2.75) is 40.2 Å². The Hall–Kier alpha value is -2.73. The van der Waals surface area contributed by atoms with Gasteiger partial charge in [-0.1, -0.05) is 6.92 Å². The van der Waals surface area contributed by atoms with E-state index < -0.39 is 0 Å². The summed E-state index contributed by atoms with van der Waals surface area (Å²) in [4.78, 5) is 4.33. The van der Waals surface area contributed by atoms with Gasteiger partial charge in [0.15, 0.2) is 0 Å². The molecule has 0 saturated carbocycles. The number of rotatable bonds is 9. The highest BCUT2D eigenvalue weighted by Crippen LogP contribution is 2.36. The van der Waals surface area contributed by atoms with Gasteiger partial charge >= 0.3 is 0 Å². The Labute approximate surface area is 170 Å². The van der Waals surface area contributed by atoms with Crippen molar-refractivity contribution in [2.75, 3.05) is 11.9 Å². The lowest BCUT2D eigenvalue weighted by atomic mass is 10.1. The van der Waals surface area contributed by atoms with Gasteiger partial charge in [0.1, 0.15) is 17.2 Å². The summed E-state index contributed by atoms with van der Waals surface area (Å²) in [6.07, 6.45) is 2.67. The van der Waals surface area contributed by atoms with E-state index in [0.717, 1.165) is 41.5 Å². The third-order valence-electron chi connectivity index (χ3n) is 3.90. The maximum absolute atomic E-state index is 5.99. The number of thiazole rings is 1. The highest BCUT2D eigenvalue weighted by molar-refractivity contribution is 7.15. The zero-order valence-corrected chi connectivity index (χ0v) is 17.5. The highest BCUT2D eigenvalue weighted by Gasteiger charge is 2.11. The van der Waals surface area contributed by atoms with E-state index in [4.69, 9.17) is 14.2 Å². The second-order valence-electron chi connectivity index (χ2n) is 6.49. The van der Waals surface area contributed by atoms with E-state index in [1.54, 1.807) is 6.20 Å². The van der Waals surface area contributed by atoms with Crippen molar-refractivity contribution in [1.82, 2.24) is 4.98 Å². The lowest BCUT2D eigenvalue weighted by Crippen LogP contribution is -2.05. The van der Waals surface area contributed by atoms with Crippen molar-refractivity contribution < 1.29 is 14.2 Å². The molecule has 3 rings (SSSR count). The number of aryl methyl sites for hydroxylation is 1. The van der Waals surface area contributed by atoms with E-state index in [1.165, 1.54) is 11.3 Å². The van der Waals surface area contributed by atoms with Crippen LogP contribution in [-0.2, 0) is 6.42 Å². The predicted molar refractivity (Wildman–Crippen MR) is 114 cm³/mol. The van der Waals surface area contributed by atoms with Crippen molar-refractivity contribution in [3.63, 3.8) is 0 Å². The molecule has 1 heterocycles. The second kappa shape index (κ2) is 9.46. The van der Waals surface area contributed by atoms with Crippen LogP contribution in [0.15, 0.2) is 48.7 Å². The average molecular weight is 399 g/mol. The van der Waals surface area contributed by atoms with Crippen molar-refractivity contribution in [1.29, 1.82) is 0 Å². The molecule has 0 aliphatic heterocycles. The maximum Gasteiger partial charge on any atom is 0.282 e. The fourth-order valence-electron chi connectivity index (χ4n) is 2.67. The van der Waals surface area contributed by atoms with E-state index in [0.29, 0.717) is 10.3 Å². The molecule has 3 aromatic rings. The fraction of sp³-hybridized carbons (Fsp3) is 0.318. The van der Waals surface area contributed by atoms with Gasteiger partial charge in [0, 0.05) is 12.2 Å². The maximum atomic E-state index is 5.99. The van der Waals surface area contributed by atoms with Crippen LogP contribution >= 0.6 is 11.3 Å². The Morgan fingerprint density at radius 2 is 1.75 bits per heavy atom. The predicted octanol–water partition coefficient (Wildman–Crippen LogP) is 6.51. The molecule has 0 saturated heterocycles. The van der Waals surface area contributed by atoms with E-state index in [1.807, 2.05) is 56.3 Å². The Balaban J connectivity index is 1.67. The fourth-order valence-corrected chi connectivity index (χ4v) is 3.32. The molecule has 1 N–H and O–H groups in total. The van der Waals surface area contributed by atoms with Gasteiger partial charge in [-0.05, 0) is 86.6 Å². The third-order valence-corrected chi connectivity index (χ3v) is 4.65. The largest absolute Gasteiger partial charge is 0.491 e. The lowest BCUT2D eigenvalue weighted by Gasteiger charge is -2.13. The summed E-state index contributed by atoms with van der Waals surface area (Å²) in [5, 5.41) is 4.49. The summed E-state index contributed by atoms with van der Waals surface area (Å²) in [6, 6.07) is 13.7. The highest BCUT2D eigenvalue weighted by atomic mass is 32.1. The number of nitrogens with zero attached hydrogens (tertiary/aromatic N) is 1. The van der Waals surface area contributed by atoms with Crippen LogP contribution in [0.5, 0.6) is 27.5 Å². The zero-order chi connectivity index (χ0) is 19.9. The van der Waals surface area contributed by atoms with E-state index in [2.05, 4.69) is 24.1 Å². The van der Waals surface area contributed by atoms with Crippen LogP contribution in [0.4, 0.5) is 5.69 Å². The molecule has 0 aliphatic carbocycles. The van der Waals surface area contributed by atoms with Crippen LogP contribution < -0.4 is 19.5 Å². The van der Waals surface area contributed by atoms with Gasteiger partial charge in [-0.2, -0.15) is 0 Å². The molecular formula is C22H26N2O3S. The first-order chi connectivity index (χ1) is 13.6. The van der Waals surface area contributed by atoms with Crippen LogP contribution in [0, 0.1) is 0 Å². The topological polar surface area (TPSA) is 52.6 Å². The Kier molecular flexibility index (Phi) is 6.76. The van der Waals surface area contributed by atoms with Crippen LogP contribution in [0.25, 0.3) is 0 Å². The Bertz CT molecular complexity index is 891. The monoisotopic (exact) mass is 398 g/mol. The number of hydrogen-bond donors (Lipinski definition) is 1. The number of ether oxygens (including phenoxy) is 3. The number of hydrogen-bond acceptors (Lipinski definition) is 6. The van der Waals surface area contributed by atoms with Crippen LogP contribution in [0.2, 0.25) is 0 Å². The summed E-state index contributed by atoms with van der Waals surface area (Å²) in [5.74, 6) is 2.40. The molecule has 0 bridgehead atoms. The van der Waals surface area contributed by atoms with Gasteiger partial charge in [-0.15, -0.1) is 0 Å². The molecule has 5 nitrogen and oxygen atoms in total. The van der Waals surface area contributed by atoms with Crippen LogP contribution in [-0.4, -0.2) is 17.6 Å². The molecule has 0 unspecified atom stereocenters. The van der Waals surface area contributed by atoms with Crippen molar-refractivity contribution in [3.05, 3.63) is 54.2 Å². The van der Waals surface area contributed by atoms with E-state index in [-0.39, 0.29) is 6.10 Å². The number of aromatic nitrogens is 1. The summed E-state index contributed by atoms with van der Waals surface area (Å²) in [7, 11) is 0. The molecule has 28 heavy (non-hydrogen) atoms. The summed E-state index contributed by atoms with van der Waals surface area (Å²) in [5.41, 5.74) is 2.15. The molecule has 1 aromatic heterocycles. The van der Waals surface area contributed by atoms with Gasteiger partial charge in [-0.3, -0.25) is 0 Å². The minimum Gasteiger partial charge on any atom is -0.491 e. The van der Waals surface area contributed by atoms with Gasteiger partial charge < -0.3 is 19.5 Å². The molecule has 148 valence electrons. The molecule has 0 fully saturated rings. The quantitative estimate of drug-likeness (QED) is 0.445. The Morgan fingerprint density at radius 1 is 1.00 bits per heavy atom. The van der Waals surface area contributed by atoms with Crippen molar-refractivity contribution in [3.8, 4) is 27.5 Å². The van der Waals surface area contributed by atoms with Crippen molar-refractivity contribution >= 4 is 17.0 Å². The standard InChI is InChI=1S/C22H26N2O3S/c1-5-16-13-19(25-15(3)4)11-12-20(16)27-22-24-14-21(28-22)26-18-9-7-17(8-10-18)23-6-2/h7-15,23H,5-6H2,1-4H3. The second-order valence-corrected chi connectivity index (χ2v) is 7.45. The van der Waals surface area contributed by atoms with Gasteiger partial charge in [0.05, 0.1) is 12.3 Å². The zero-order valence-electron chi connectivity index (χ0n) is 16.7. The van der Waals surface area contributed by atoms with Crippen molar-refractivity contribution in [2.24, 2.45) is 0 Å². The van der Waals surface area contributed by atoms with Gasteiger partial charge in [0.2, 0.25) is 5.06 Å². The van der Waals surface area contributed by atoms with E-state index in [9.17, 15) is 0 Å². The van der Waals surface area contributed by atoms with Gasteiger partial charge in [0.25, 0.3) is 5.19 Å². The summed E-state index contributed by atoms with van der Waals surface area (Å²) in [6.45, 7) is 9.08. The SMILES string of the molecule is CCNc1ccc(Oc2cnc(Oc3ccc(OC(C)C)cc3CC)s2)cc1. The first-order valence-corrected chi connectivity index (χ1v) is 10.3. The molecule has 2 aromatic carbocycles. The van der Waals surface area contributed by atoms with Crippen LogP contribution in [0.3, 0.4) is 0 Å². The normalized spacial score (nSPS) is 10.8. The first kappa shape index (κ1) is 20.0. The Morgan fingerprint density at radius 3 is 2.43 bits per heavy atom. The molecule has 0 aliphatic rings. The van der Waals surface area contributed by atoms with Crippen LogP contribution in [0.1, 0.15) is 33.3 Å². The molecule has 0 spiro atoms. The average Bonchev–Trinajstić information content (AvgIpc) is 3.11.